The molecule has 1 aromatic rings. The Bertz CT molecular complexity index is 361. The van der Waals surface area contributed by atoms with Crippen LogP contribution < -0.4 is 5.48 Å². The molecule has 2 rings (SSSR count). The third-order valence-electron chi connectivity index (χ3n) is 2.27. The van der Waals surface area contributed by atoms with Crippen LogP contribution in [0.1, 0.15) is 11.1 Å². The van der Waals surface area contributed by atoms with E-state index in [1.807, 2.05) is 24.3 Å². The molecule has 1 atom stereocenters. The van der Waals surface area contributed by atoms with Gasteiger partial charge >= 0.3 is 0 Å². The number of hydrogen-bond donors (Lipinski definition) is 1. The van der Waals surface area contributed by atoms with Gasteiger partial charge in [-0.2, -0.15) is 0 Å². The zero-order chi connectivity index (χ0) is 10.7. The molecule has 1 unspecified atom stereocenters. The van der Waals surface area contributed by atoms with Gasteiger partial charge in [0.1, 0.15) is 6.10 Å². The molecular formula is C11H13ClN2O. The van der Waals surface area contributed by atoms with Gasteiger partial charge in [-0.15, -0.1) is 11.6 Å². The van der Waals surface area contributed by atoms with E-state index in [0.29, 0.717) is 12.4 Å². The van der Waals surface area contributed by atoms with Gasteiger partial charge < -0.3 is 0 Å². The molecule has 1 heterocycles. The van der Waals surface area contributed by atoms with E-state index in [1.54, 1.807) is 0 Å². The molecule has 0 amide bonds. The quantitative estimate of drug-likeness (QED) is 0.779. The van der Waals surface area contributed by atoms with Gasteiger partial charge in [0.2, 0.25) is 0 Å². The van der Waals surface area contributed by atoms with Crippen LogP contribution in [-0.2, 0) is 4.84 Å². The van der Waals surface area contributed by atoms with Crippen LogP contribution in [-0.4, -0.2) is 24.4 Å². The summed E-state index contributed by atoms with van der Waals surface area (Å²) in [7, 11) is 0. The first kappa shape index (κ1) is 10.5. The number of halogens is 1. The molecule has 1 aromatic carbocycles. The van der Waals surface area contributed by atoms with Gasteiger partial charge in [0.15, 0.2) is 5.84 Å². The highest BCUT2D eigenvalue weighted by Crippen LogP contribution is 2.08. The minimum absolute atomic E-state index is 0.0270. The van der Waals surface area contributed by atoms with Crippen LogP contribution in [0.2, 0.25) is 0 Å². The smallest absolute Gasteiger partial charge is 0.152 e. The second-order valence-electron chi connectivity index (χ2n) is 3.55. The Morgan fingerprint density at radius 2 is 2.20 bits per heavy atom. The summed E-state index contributed by atoms with van der Waals surface area (Å²) >= 11 is 5.66. The minimum Gasteiger partial charge on any atom is -0.268 e. The van der Waals surface area contributed by atoms with Crippen molar-refractivity contribution in [3.05, 3.63) is 35.4 Å². The van der Waals surface area contributed by atoms with E-state index in [1.165, 1.54) is 5.56 Å². The summed E-state index contributed by atoms with van der Waals surface area (Å²) in [6, 6.07) is 8.14. The summed E-state index contributed by atoms with van der Waals surface area (Å²) in [5, 5.41) is 0. The normalized spacial score (nSPS) is 20.7. The van der Waals surface area contributed by atoms with E-state index in [-0.39, 0.29) is 6.10 Å². The molecule has 0 radical (unpaired) electrons. The van der Waals surface area contributed by atoms with Gasteiger partial charge in [-0.1, -0.05) is 29.8 Å². The van der Waals surface area contributed by atoms with E-state index in [2.05, 4.69) is 17.4 Å². The van der Waals surface area contributed by atoms with Gasteiger partial charge in [-0.25, -0.2) is 5.48 Å². The lowest BCUT2D eigenvalue weighted by Gasteiger charge is -2.21. The van der Waals surface area contributed by atoms with Gasteiger partial charge in [-0.05, 0) is 6.92 Å². The van der Waals surface area contributed by atoms with Crippen molar-refractivity contribution in [3.63, 3.8) is 0 Å². The first-order chi connectivity index (χ1) is 7.29. The molecule has 1 aliphatic heterocycles. The predicted molar refractivity (Wildman–Crippen MR) is 61.3 cm³/mol. The second-order valence-corrected chi connectivity index (χ2v) is 3.86. The molecule has 4 heteroatoms. The molecule has 0 saturated carbocycles. The van der Waals surface area contributed by atoms with E-state index in [4.69, 9.17) is 16.4 Å². The topological polar surface area (TPSA) is 33.6 Å². The third-order valence-corrected chi connectivity index (χ3v) is 2.62. The fourth-order valence-electron chi connectivity index (χ4n) is 1.34. The molecule has 0 saturated heterocycles. The lowest BCUT2D eigenvalue weighted by Crippen LogP contribution is -2.38. The molecule has 0 aromatic heterocycles. The maximum Gasteiger partial charge on any atom is 0.152 e. The number of rotatable bonds is 2. The molecule has 0 fully saturated rings. The molecular weight excluding hydrogens is 212 g/mol. The standard InChI is InChI=1S/C11H13ClN2O/c1-8-2-4-9(5-3-8)11-13-7-10(6-12)15-14-11/h2-5,10H,6-7H2,1H3,(H,13,14). The number of amidine groups is 1. The summed E-state index contributed by atoms with van der Waals surface area (Å²) in [5.41, 5.74) is 5.09. The SMILES string of the molecule is Cc1ccc(C2=NCC(CCl)ON2)cc1. The van der Waals surface area contributed by atoms with Crippen molar-refractivity contribution >= 4 is 17.4 Å². The third kappa shape index (κ3) is 2.49. The molecule has 15 heavy (non-hydrogen) atoms. The Morgan fingerprint density at radius 3 is 2.73 bits per heavy atom. The number of aryl methyl sites for hydroxylation is 1. The monoisotopic (exact) mass is 224 g/mol. The first-order valence-electron chi connectivity index (χ1n) is 4.88. The van der Waals surface area contributed by atoms with E-state index in [9.17, 15) is 0 Å². The highest BCUT2D eigenvalue weighted by Gasteiger charge is 2.15. The molecule has 0 spiro atoms. The highest BCUT2D eigenvalue weighted by molar-refractivity contribution is 6.18. The van der Waals surface area contributed by atoms with Crippen LogP contribution in [0.25, 0.3) is 0 Å². The van der Waals surface area contributed by atoms with E-state index < -0.39 is 0 Å². The minimum atomic E-state index is -0.0270. The Labute approximate surface area is 94.1 Å². The number of hydroxylamine groups is 1. The molecule has 0 bridgehead atoms. The lowest BCUT2D eigenvalue weighted by atomic mass is 10.1. The Balaban J connectivity index is 2.12. The first-order valence-corrected chi connectivity index (χ1v) is 5.42. The maximum atomic E-state index is 5.66. The summed E-state index contributed by atoms with van der Waals surface area (Å²) in [6.45, 7) is 2.67. The van der Waals surface area contributed by atoms with Crippen LogP contribution in [0.4, 0.5) is 0 Å². The van der Waals surface area contributed by atoms with Crippen LogP contribution in [0.3, 0.4) is 0 Å². The summed E-state index contributed by atoms with van der Waals surface area (Å²) in [6.07, 6.45) is -0.0270. The summed E-state index contributed by atoms with van der Waals surface area (Å²) < 4.78 is 0. The van der Waals surface area contributed by atoms with Gasteiger partial charge in [0.25, 0.3) is 0 Å². The van der Waals surface area contributed by atoms with E-state index >= 15 is 0 Å². The van der Waals surface area contributed by atoms with Gasteiger partial charge in [0, 0.05) is 5.56 Å². The zero-order valence-electron chi connectivity index (χ0n) is 8.53. The van der Waals surface area contributed by atoms with Crippen molar-refractivity contribution in [1.82, 2.24) is 5.48 Å². The number of aliphatic imine (C=N–C) groups is 1. The van der Waals surface area contributed by atoms with Crippen molar-refractivity contribution in [2.75, 3.05) is 12.4 Å². The van der Waals surface area contributed by atoms with Crippen molar-refractivity contribution in [3.8, 4) is 0 Å². The highest BCUT2D eigenvalue weighted by atomic mass is 35.5. The Morgan fingerprint density at radius 1 is 1.47 bits per heavy atom. The molecule has 0 aliphatic carbocycles. The largest absolute Gasteiger partial charge is 0.268 e. The number of alkyl halides is 1. The number of nitrogens with one attached hydrogen (secondary N) is 1. The number of nitrogens with zero attached hydrogens (tertiary/aromatic N) is 1. The van der Waals surface area contributed by atoms with E-state index in [0.717, 1.165) is 11.4 Å². The predicted octanol–water partition coefficient (Wildman–Crippen LogP) is 1.88. The average Bonchev–Trinajstić information content (AvgIpc) is 2.30. The van der Waals surface area contributed by atoms with Crippen LogP contribution in [0.5, 0.6) is 0 Å². The second kappa shape index (κ2) is 4.64. The maximum absolute atomic E-state index is 5.66. The average molecular weight is 225 g/mol. The number of hydrogen-bond acceptors (Lipinski definition) is 3. The van der Waals surface area contributed by atoms with Crippen molar-refractivity contribution in [2.45, 2.75) is 13.0 Å². The zero-order valence-corrected chi connectivity index (χ0v) is 9.29. The summed E-state index contributed by atoms with van der Waals surface area (Å²) in [5.74, 6) is 1.23. The molecule has 3 nitrogen and oxygen atoms in total. The summed E-state index contributed by atoms with van der Waals surface area (Å²) in [4.78, 5) is 9.69. The van der Waals surface area contributed by atoms with Crippen molar-refractivity contribution in [2.24, 2.45) is 4.99 Å². The van der Waals surface area contributed by atoms with Crippen LogP contribution in [0.15, 0.2) is 29.3 Å². The fraction of sp³-hybridized carbons (Fsp3) is 0.364. The Hall–Kier alpha value is -1.06. The molecule has 80 valence electrons. The van der Waals surface area contributed by atoms with Gasteiger partial charge in [0.05, 0.1) is 12.4 Å². The Kier molecular flexibility index (Phi) is 3.23. The molecule has 1 N–H and O–H groups in total. The van der Waals surface area contributed by atoms with Crippen LogP contribution in [0, 0.1) is 6.92 Å². The van der Waals surface area contributed by atoms with Crippen LogP contribution >= 0.6 is 11.6 Å². The number of benzene rings is 1. The fourth-order valence-corrected chi connectivity index (χ4v) is 1.50. The molecule has 1 aliphatic rings. The van der Waals surface area contributed by atoms with Crippen molar-refractivity contribution in [1.29, 1.82) is 0 Å². The lowest BCUT2D eigenvalue weighted by molar-refractivity contribution is 0.0205. The van der Waals surface area contributed by atoms with Crippen molar-refractivity contribution < 1.29 is 4.84 Å². The van der Waals surface area contributed by atoms with Gasteiger partial charge in [-0.3, -0.25) is 9.83 Å².